The molecule has 0 bridgehead atoms. The molecule has 1 amide bonds. The molecule has 0 saturated carbocycles. The quantitative estimate of drug-likeness (QED) is 0.711. The van der Waals surface area contributed by atoms with Gasteiger partial charge < -0.3 is 10.6 Å². The summed E-state index contributed by atoms with van der Waals surface area (Å²) in [6.07, 6.45) is 0.947. The van der Waals surface area contributed by atoms with Crippen molar-refractivity contribution in [1.82, 2.24) is 4.90 Å². The Labute approximate surface area is 83.5 Å². The van der Waals surface area contributed by atoms with E-state index < -0.39 is 0 Å². The number of nitrogens with two attached hydrogens (primary N) is 1. The van der Waals surface area contributed by atoms with Crippen LogP contribution in [0.2, 0.25) is 0 Å². The SMILES string of the molecule is CN1CCc2ccc(CN)cc2C1=O. The Morgan fingerprint density at radius 2 is 2.29 bits per heavy atom. The Morgan fingerprint density at radius 1 is 1.50 bits per heavy atom. The minimum absolute atomic E-state index is 0.113. The zero-order valence-corrected chi connectivity index (χ0v) is 8.29. The fourth-order valence-corrected chi connectivity index (χ4v) is 1.76. The Balaban J connectivity index is 2.46. The van der Waals surface area contributed by atoms with Crippen molar-refractivity contribution < 1.29 is 4.79 Å². The number of nitrogens with zero attached hydrogens (tertiary/aromatic N) is 1. The molecule has 2 rings (SSSR count). The van der Waals surface area contributed by atoms with Crippen LogP contribution in [-0.4, -0.2) is 24.4 Å². The summed E-state index contributed by atoms with van der Waals surface area (Å²) in [6.45, 7) is 1.30. The first-order valence-corrected chi connectivity index (χ1v) is 4.79. The Kier molecular flexibility index (Phi) is 2.25. The van der Waals surface area contributed by atoms with Crippen molar-refractivity contribution in [3.63, 3.8) is 0 Å². The fraction of sp³-hybridized carbons (Fsp3) is 0.364. The van der Waals surface area contributed by atoms with Gasteiger partial charge in [0.05, 0.1) is 0 Å². The summed E-state index contributed by atoms with van der Waals surface area (Å²) in [5, 5.41) is 0. The molecule has 1 aliphatic rings. The second-order valence-electron chi connectivity index (χ2n) is 3.67. The van der Waals surface area contributed by atoms with Crippen molar-refractivity contribution in [2.75, 3.05) is 13.6 Å². The van der Waals surface area contributed by atoms with E-state index in [-0.39, 0.29) is 5.91 Å². The number of amides is 1. The van der Waals surface area contributed by atoms with E-state index in [1.54, 1.807) is 4.90 Å². The number of fused-ring (bicyclic) bond motifs is 1. The molecule has 0 radical (unpaired) electrons. The molecule has 0 saturated heterocycles. The van der Waals surface area contributed by atoms with Crippen molar-refractivity contribution in [3.8, 4) is 0 Å². The van der Waals surface area contributed by atoms with Crippen LogP contribution in [0.25, 0.3) is 0 Å². The van der Waals surface area contributed by atoms with E-state index in [1.165, 1.54) is 0 Å². The first kappa shape index (κ1) is 9.21. The van der Waals surface area contributed by atoms with E-state index in [4.69, 9.17) is 5.73 Å². The molecule has 1 aromatic carbocycles. The number of hydrogen-bond donors (Lipinski definition) is 1. The second kappa shape index (κ2) is 3.42. The number of benzene rings is 1. The maximum atomic E-state index is 11.8. The molecule has 14 heavy (non-hydrogen) atoms. The average Bonchev–Trinajstić information content (AvgIpc) is 2.23. The maximum Gasteiger partial charge on any atom is 0.253 e. The van der Waals surface area contributed by atoms with Crippen LogP contribution in [0.3, 0.4) is 0 Å². The van der Waals surface area contributed by atoms with Crippen molar-refractivity contribution in [2.45, 2.75) is 13.0 Å². The minimum Gasteiger partial charge on any atom is -0.341 e. The van der Waals surface area contributed by atoms with Gasteiger partial charge in [0.1, 0.15) is 0 Å². The van der Waals surface area contributed by atoms with Gasteiger partial charge in [0.2, 0.25) is 0 Å². The van der Waals surface area contributed by atoms with Crippen LogP contribution in [-0.2, 0) is 13.0 Å². The van der Waals surface area contributed by atoms with Gasteiger partial charge in [0, 0.05) is 25.7 Å². The van der Waals surface area contributed by atoms with Crippen molar-refractivity contribution in [1.29, 1.82) is 0 Å². The molecule has 3 nitrogen and oxygen atoms in total. The molecule has 1 aliphatic heterocycles. The van der Waals surface area contributed by atoms with Gasteiger partial charge in [-0.2, -0.15) is 0 Å². The number of carbonyl (C=O) groups excluding carboxylic acids is 1. The van der Waals surface area contributed by atoms with E-state index in [0.717, 1.165) is 29.7 Å². The summed E-state index contributed by atoms with van der Waals surface area (Å²) >= 11 is 0. The van der Waals surface area contributed by atoms with Gasteiger partial charge >= 0.3 is 0 Å². The Morgan fingerprint density at radius 3 is 3.00 bits per heavy atom. The van der Waals surface area contributed by atoms with E-state index >= 15 is 0 Å². The van der Waals surface area contributed by atoms with E-state index in [9.17, 15) is 4.79 Å². The van der Waals surface area contributed by atoms with Gasteiger partial charge in [-0.15, -0.1) is 0 Å². The smallest absolute Gasteiger partial charge is 0.253 e. The number of rotatable bonds is 1. The summed E-state index contributed by atoms with van der Waals surface area (Å²) in [7, 11) is 1.83. The van der Waals surface area contributed by atoms with Gasteiger partial charge in [-0.25, -0.2) is 0 Å². The predicted molar refractivity (Wildman–Crippen MR) is 55.0 cm³/mol. The Hall–Kier alpha value is -1.35. The third-order valence-electron chi connectivity index (χ3n) is 2.70. The molecule has 0 aliphatic carbocycles. The largest absolute Gasteiger partial charge is 0.341 e. The molecule has 0 atom stereocenters. The van der Waals surface area contributed by atoms with Crippen LogP contribution < -0.4 is 5.73 Å². The van der Waals surface area contributed by atoms with Gasteiger partial charge in [-0.3, -0.25) is 4.79 Å². The standard InChI is InChI=1S/C11H14N2O/c1-13-5-4-9-3-2-8(7-12)6-10(9)11(13)14/h2-3,6H,4-5,7,12H2,1H3. The molecule has 0 spiro atoms. The minimum atomic E-state index is 0.113. The lowest BCUT2D eigenvalue weighted by molar-refractivity contribution is 0.0781. The van der Waals surface area contributed by atoms with Crippen LogP contribution in [0.15, 0.2) is 18.2 Å². The topological polar surface area (TPSA) is 46.3 Å². The van der Waals surface area contributed by atoms with E-state index in [2.05, 4.69) is 0 Å². The van der Waals surface area contributed by atoms with E-state index in [1.807, 2.05) is 25.2 Å². The molecule has 2 N–H and O–H groups in total. The average molecular weight is 190 g/mol. The molecular weight excluding hydrogens is 176 g/mol. The normalized spacial score (nSPS) is 15.6. The third-order valence-corrected chi connectivity index (χ3v) is 2.70. The number of likely N-dealkylation sites (N-methyl/N-ethyl adjacent to an activating group) is 1. The summed E-state index contributed by atoms with van der Waals surface area (Å²) in [4.78, 5) is 13.5. The molecule has 0 unspecified atom stereocenters. The number of hydrogen-bond acceptors (Lipinski definition) is 2. The predicted octanol–water partition coefficient (Wildman–Crippen LogP) is 0.773. The first-order valence-electron chi connectivity index (χ1n) is 4.79. The Bertz CT molecular complexity index is 374. The van der Waals surface area contributed by atoms with Gasteiger partial charge in [0.25, 0.3) is 5.91 Å². The fourth-order valence-electron chi connectivity index (χ4n) is 1.76. The molecule has 1 aromatic rings. The molecule has 1 heterocycles. The zero-order chi connectivity index (χ0) is 10.1. The lowest BCUT2D eigenvalue weighted by Gasteiger charge is -2.25. The van der Waals surface area contributed by atoms with Crippen LogP contribution in [0.1, 0.15) is 21.5 Å². The van der Waals surface area contributed by atoms with Crippen molar-refractivity contribution >= 4 is 5.91 Å². The van der Waals surface area contributed by atoms with Crippen molar-refractivity contribution in [3.05, 3.63) is 34.9 Å². The third kappa shape index (κ3) is 1.40. The molecular formula is C11H14N2O. The van der Waals surface area contributed by atoms with Crippen LogP contribution >= 0.6 is 0 Å². The molecule has 3 heteroatoms. The molecule has 0 fully saturated rings. The number of carbonyl (C=O) groups is 1. The van der Waals surface area contributed by atoms with E-state index in [0.29, 0.717) is 6.54 Å². The van der Waals surface area contributed by atoms with Crippen LogP contribution in [0.4, 0.5) is 0 Å². The van der Waals surface area contributed by atoms with Gasteiger partial charge in [-0.05, 0) is 23.6 Å². The van der Waals surface area contributed by atoms with Crippen molar-refractivity contribution in [2.24, 2.45) is 5.73 Å². The first-order chi connectivity index (χ1) is 6.72. The second-order valence-corrected chi connectivity index (χ2v) is 3.67. The van der Waals surface area contributed by atoms with Gasteiger partial charge in [-0.1, -0.05) is 12.1 Å². The lowest BCUT2D eigenvalue weighted by atomic mass is 9.97. The highest BCUT2D eigenvalue weighted by molar-refractivity contribution is 5.96. The summed E-state index contributed by atoms with van der Waals surface area (Å²) in [6, 6.07) is 5.92. The zero-order valence-electron chi connectivity index (χ0n) is 8.29. The lowest BCUT2D eigenvalue weighted by Crippen LogP contribution is -2.34. The van der Waals surface area contributed by atoms with Crippen LogP contribution in [0.5, 0.6) is 0 Å². The highest BCUT2D eigenvalue weighted by Crippen LogP contribution is 2.19. The highest BCUT2D eigenvalue weighted by Gasteiger charge is 2.20. The summed E-state index contributed by atoms with van der Waals surface area (Å²) in [5.74, 6) is 0.113. The maximum absolute atomic E-state index is 11.8. The van der Waals surface area contributed by atoms with Crippen LogP contribution in [0, 0.1) is 0 Å². The highest BCUT2D eigenvalue weighted by atomic mass is 16.2. The molecule has 74 valence electrons. The summed E-state index contributed by atoms with van der Waals surface area (Å²) in [5.41, 5.74) is 8.52. The van der Waals surface area contributed by atoms with Gasteiger partial charge in [0.15, 0.2) is 0 Å². The molecule has 0 aromatic heterocycles. The summed E-state index contributed by atoms with van der Waals surface area (Å²) < 4.78 is 0. The monoisotopic (exact) mass is 190 g/mol.